The summed E-state index contributed by atoms with van der Waals surface area (Å²) < 4.78 is 6.91. The predicted molar refractivity (Wildman–Crippen MR) is 65.2 cm³/mol. The van der Waals surface area contributed by atoms with Crippen molar-refractivity contribution in [2.24, 2.45) is 0 Å². The minimum absolute atomic E-state index is 0.733. The van der Waals surface area contributed by atoms with Crippen LogP contribution in [0, 0.1) is 0 Å². The number of rotatable bonds is 8. The molecule has 16 heavy (non-hydrogen) atoms. The fourth-order valence-electron chi connectivity index (χ4n) is 1.32. The molecule has 0 amide bonds. The summed E-state index contributed by atoms with van der Waals surface area (Å²) in [5.41, 5.74) is 2.26. The number of aryl methyl sites for hydroxylation is 1. The maximum Gasteiger partial charge on any atom is 0.0762 e. The van der Waals surface area contributed by atoms with Gasteiger partial charge in [0.15, 0.2) is 0 Å². The molecular formula is C12H21N3O. The standard InChI is InChI=1S/C12H21N3O/c1-11(2)4-7-15-8-5-12(14-15)10-13-6-9-16-3/h5,8,13H,1,4,6-7,9-10H2,2-3H3. The summed E-state index contributed by atoms with van der Waals surface area (Å²) in [5.74, 6) is 0. The molecule has 0 saturated carbocycles. The number of allylic oxidation sites excluding steroid dienone is 1. The normalized spacial score (nSPS) is 10.6. The van der Waals surface area contributed by atoms with Crippen LogP contribution in [0.3, 0.4) is 0 Å². The Morgan fingerprint density at radius 2 is 2.44 bits per heavy atom. The van der Waals surface area contributed by atoms with Gasteiger partial charge in [-0.1, -0.05) is 5.57 Å². The van der Waals surface area contributed by atoms with Crippen molar-refractivity contribution in [2.45, 2.75) is 26.4 Å². The minimum Gasteiger partial charge on any atom is -0.383 e. The third-order valence-electron chi connectivity index (χ3n) is 2.25. The van der Waals surface area contributed by atoms with E-state index in [1.54, 1.807) is 7.11 Å². The predicted octanol–water partition coefficient (Wildman–Crippen LogP) is 1.59. The van der Waals surface area contributed by atoms with E-state index in [9.17, 15) is 0 Å². The van der Waals surface area contributed by atoms with Crippen LogP contribution < -0.4 is 5.32 Å². The molecule has 4 nitrogen and oxygen atoms in total. The Labute approximate surface area is 97.3 Å². The summed E-state index contributed by atoms with van der Waals surface area (Å²) in [6.07, 6.45) is 2.99. The van der Waals surface area contributed by atoms with Crippen molar-refractivity contribution in [3.63, 3.8) is 0 Å². The molecule has 0 saturated heterocycles. The molecule has 0 spiro atoms. The van der Waals surface area contributed by atoms with Gasteiger partial charge in [0, 0.05) is 32.9 Å². The highest BCUT2D eigenvalue weighted by atomic mass is 16.5. The molecule has 0 fully saturated rings. The molecule has 1 rings (SSSR count). The first-order valence-corrected chi connectivity index (χ1v) is 5.58. The van der Waals surface area contributed by atoms with Gasteiger partial charge >= 0.3 is 0 Å². The van der Waals surface area contributed by atoms with Crippen molar-refractivity contribution >= 4 is 0 Å². The molecule has 1 aromatic heterocycles. The van der Waals surface area contributed by atoms with Crippen LogP contribution >= 0.6 is 0 Å². The molecule has 0 aromatic carbocycles. The summed E-state index contributed by atoms with van der Waals surface area (Å²) in [7, 11) is 1.70. The quantitative estimate of drug-likeness (QED) is 0.537. The number of aromatic nitrogens is 2. The van der Waals surface area contributed by atoms with Crippen molar-refractivity contribution in [1.29, 1.82) is 0 Å². The smallest absolute Gasteiger partial charge is 0.0762 e. The number of hydrogen-bond donors (Lipinski definition) is 1. The van der Waals surface area contributed by atoms with Crippen LogP contribution in [-0.4, -0.2) is 30.0 Å². The van der Waals surface area contributed by atoms with Crippen LogP contribution in [0.4, 0.5) is 0 Å². The molecule has 1 N–H and O–H groups in total. The number of nitrogens with zero attached hydrogens (tertiary/aromatic N) is 2. The molecule has 0 aliphatic heterocycles. The Hall–Kier alpha value is -1.13. The Kier molecular flexibility index (Phi) is 5.82. The second-order valence-corrected chi connectivity index (χ2v) is 3.95. The van der Waals surface area contributed by atoms with Gasteiger partial charge < -0.3 is 10.1 Å². The molecule has 1 aromatic rings. The molecule has 0 atom stereocenters. The fourth-order valence-corrected chi connectivity index (χ4v) is 1.32. The number of ether oxygens (including phenoxy) is 1. The van der Waals surface area contributed by atoms with E-state index in [1.165, 1.54) is 5.57 Å². The van der Waals surface area contributed by atoms with Gasteiger partial charge in [-0.3, -0.25) is 4.68 Å². The van der Waals surface area contributed by atoms with Crippen molar-refractivity contribution in [3.8, 4) is 0 Å². The number of methoxy groups -OCH3 is 1. The van der Waals surface area contributed by atoms with Crippen molar-refractivity contribution in [2.75, 3.05) is 20.3 Å². The zero-order valence-corrected chi connectivity index (χ0v) is 10.2. The monoisotopic (exact) mass is 223 g/mol. The average Bonchev–Trinajstić information content (AvgIpc) is 2.70. The van der Waals surface area contributed by atoms with Crippen molar-refractivity contribution in [1.82, 2.24) is 15.1 Å². The van der Waals surface area contributed by atoms with Gasteiger partial charge in [0.25, 0.3) is 0 Å². The van der Waals surface area contributed by atoms with Crippen LogP contribution in [0.5, 0.6) is 0 Å². The van der Waals surface area contributed by atoms with Crippen molar-refractivity contribution in [3.05, 3.63) is 30.1 Å². The van der Waals surface area contributed by atoms with Crippen LogP contribution in [0.1, 0.15) is 19.0 Å². The van der Waals surface area contributed by atoms with E-state index in [1.807, 2.05) is 23.9 Å². The lowest BCUT2D eigenvalue weighted by molar-refractivity contribution is 0.199. The molecule has 0 aliphatic rings. The summed E-state index contributed by atoms with van der Waals surface area (Å²) >= 11 is 0. The lowest BCUT2D eigenvalue weighted by Gasteiger charge is -2.02. The molecular weight excluding hydrogens is 202 g/mol. The molecule has 1 heterocycles. The van der Waals surface area contributed by atoms with Gasteiger partial charge in [-0.15, -0.1) is 6.58 Å². The van der Waals surface area contributed by atoms with Crippen LogP contribution in [-0.2, 0) is 17.8 Å². The topological polar surface area (TPSA) is 39.1 Å². The van der Waals surface area contributed by atoms with E-state index in [0.717, 1.165) is 38.4 Å². The number of hydrogen-bond acceptors (Lipinski definition) is 3. The first kappa shape index (κ1) is 12.9. The third-order valence-corrected chi connectivity index (χ3v) is 2.25. The summed E-state index contributed by atoms with van der Waals surface area (Å²) in [4.78, 5) is 0. The maximum absolute atomic E-state index is 4.95. The van der Waals surface area contributed by atoms with E-state index >= 15 is 0 Å². The lowest BCUT2D eigenvalue weighted by atomic mass is 10.2. The van der Waals surface area contributed by atoms with E-state index in [-0.39, 0.29) is 0 Å². The Balaban J connectivity index is 2.25. The first-order chi connectivity index (χ1) is 7.72. The van der Waals surface area contributed by atoms with E-state index in [2.05, 4.69) is 17.0 Å². The summed E-state index contributed by atoms with van der Waals surface area (Å²) in [6, 6.07) is 2.04. The molecule has 0 unspecified atom stereocenters. The lowest BCUT2D eigenvalue weighted by Crippen LogP contribution is -2.19. The van der Waals surface area contributed by atoms with E-state index in [4.69, 9.17) is 4.74 Å². The molecule has 4 heteroatoms. The SMILES string of the molecule is C=C(C)CCn1ccc(CNCCOC)n1. The zero-order valence-electron chi connectivity index (χ0n) is 10.2. The molecule has 90 valence electrons. The molecule has 0 radical (unpaired) electrons. The van der Waals surface area contributed by atoms with Crippen LogP contribution in [0.25, 0.3) is 0 Å². The van der Waals surface area contributed by atoms with Gasteiger partial charge in [0.05, 0.1) is 12.3 Å². The summed E-state index contributed by atoms with van der Waals surface area (Å²) in [5, 5.41) is 7.71. The second kappa shape index (κ2) is 7.19. The third kappa shape index (κ3) is 5.09. The Morgan fingerprint density at radius 3 is 3.12 bits per heavy atom. The fraction of sp³-hybridized carbons (Fsp3) is 0.583. The summed E-state index contributed by atoms with van der Waals surface area (Å²) in [6.45, 7) is 9.21. The molecule has 0 bridgehead atoms. The minimum atomic E-state index is 0.733. The van der Waals surface area contributed by atoms with Gasteiger partial charge in [0.1, 0.15) is 0 Å². The molecule has 0 aliphatic carbocycles. The average molecular weight is 223 g/mol. The van der Waals surface area contributed by atoms with Gasteiger partial charge in [-0.05, 0) is 19.4 Å². The Morgan fingerprint density at radius 1 is 1.62 bits per heavy atom. The zero-order chi connectivity index (χ0) is 11.8. The highest BCUT2D eigenvalue weighted by Gasteiger charge is 1.98. The maximum atomic E-state index is 4.95. The van der Waals surface area contributed by atoms with Gasteiger partial charge in [0.2, 0.25) is 0 Å². The highest BCUT2D eigenvalue weighted by molar-refractivity contribution is 4.99. The van der Waals surface area contributed by atoms with E-state index in [0.29, 0.717) is 0 Å². The van der Waals surface area contributed by atoms with Gasteiger partial charge in [-0.2, -0.15) is 5.10 Å². The van der Waals surface area contributed by atoms with Crippen molar-refractivity contribution < 1.29 is 4.74 Å². The second-order valence-electron chi connectivity index (χ2n) is 3.95. The first-order valence-electron chi connectivity index (χ1n) is 5.58. The largest absolute Gasteiger partial charge is 0.383 e. The van der Waals surface area contributed by atoms with Gasteiger partial charge in [-0.25, -0.2) is 0 Å². The van der Waals surface area contributed by atoms with Crippen LogP contribution in [0.15, 0.2) is 24.4 Å². The van der Waals surface area contributed by atoms with Crippen LogP contribution in [0.2, 0.25) is 0 Å². The highest BCUT2D eigenvalue weighted by Crippen LogP contribution is 2.01. The number of nitrogens with one attached hydrogen (secondary N) is 1. The Bertz CT molecular complexity index is 320. The van der Waals surface area contributed by atoms with E-state index < -0.39 is 0 Å².